The number of nitrogen functional groups attached to an aromatic ring is 2. The number of hydrogen-bond donors (Lipinski definition) is 5. The Bertz CT molecular complexity index is 1990. The van der Waals surface area contributed by atoms with Crippen LogP contribution in [0, 0.1) is 11.3 Å². The predicted molar refractivity (Wildman–Crippen MR) is 186 cm³/mol. The third-order valence-corrected chi connectivity index (χ3v) is 10.6. The molecule has 0 unspecified atom stereocenters. The summed E-state index contributed by atoms with van der Waals surface area (Å²) in [5.74, 6) is -3.55. The number of nitrogens with one attached hydrogen (secondary N) is 1. The molecule has 2 atom stereocenters. The van der Waals surface area contributed by atoms with E-state index in [1.54, 1.807) is 0 Å². The number of thiazole rings is 1. The van der Waals surface area contributed by atoms with Crippen molar-refractivity contribution in [1.82, 2.24) is 14.6 Å². The lowest BCUT2D eigenvalue weighted by Crippen LogP contribution is -2.63. The van der Waals surface area contributed by atoms with E-state index in [-0.39, 0.29) is 47.5 Å². The van der Waals surface area contributed by atoms with E-state index >= 15 is 0 Å². The van der Waals surface area contributed by atoms with Gasteiger partial charge in [-0.3, -0.25) is 24.7 Å². The van der Waals surface area contributed by atoms with Crippen molar-refractivity contribution < 1.29 is 48.8 Å². The summed E-state index contributed by atoms with van der Waals surface area (Å²) in [6, 6.07) is 9.46. The number of Topliss-reactive ketones (excluding diaryl/α,β-unsaturated/α-hetero) is 1. The lowest BCUT2D eigenvalue weighted by molar-refractivity contribution is -0.766. The highest BCUT2D eigenvalue weighted by Crippen LogP contribution is 2.45. The fourth-order valence-electron chi connectivity index (χ4n) is 5.86. The minimum atomic E-state index is -1.75. The van der Waals surface area contributed by atoms with E-state index in [9.17, 15) is 29.4 Å². The second kappa shape index (κ2) is 15.2. The van der Waals surface area contributed by atoms with Gasteiger partial charge in [-0.2, -0.15) is 0 Å². The number of β-lactam (4-membered cyclic amide) rings is 1. The number of aromatic nitrogens is 3. The van der Waals surface area contributed by atoms with Gasteiger partial charge in [0.05, 0.1) is 35.6 Å². The maximum absolute atomic E-state index is 13.5. The number of fused-ring (bicyclic) bond motifs is 2. The van der Waals surface area contributed by atoms with E-state index in [1.807, 2.05) is 41.2 Å². The standard InChI is InChI=1S/C31H33N9O7S2.CH2O2/c1-31(2,29(45)46)47-36-23(20-15-49-30(34)35-20)21(41)11-19-26(42)40-24(28(43)44)18(14-48-27(19)40)13-38-8-7-22-37(9-10-39(22)38)12-16-3-5-17(6-4-16)25(32)33;2-1-3/h3-8,15,19,27H,9-14H2,1-2H3,(H6-,32,33,34,35,43,44,45,46);1H,(H,2,3)/b36-23-;/t19-,27-;/m1./s1. The number of hydrogen-bond acceptors (Lipinski definition) is 14. The van der Waals surface area contributed by atoms with Gasteiger partial charge in [-0.15, -0.1) is 32.5 Å². The quantitative estimate of drug-likeness (QED) is 0.0371. The van der Waals surface area contributed by atoms with Crippen LogP contribution in [0.25, 0.3) is 0 Å². The van der Waals surface area contributed by atoms with Crippen LogP contribution in [0.5, 0.6) is 0 Å². The molecule has 0 aliphatic carbocycles. The van der Waals surface area contributed by atoms with E-state index in [2.05, 4.69) is 19.7 Å². The van der Waals surface area contributed by atoms with Crippen molar-refractivity contribution in [1.29, 1.82) is 5.41 Å². The van der Waals surface area contributed by atoms with Gasteiger partial charge >= 0.3 is 5.97 Å². The van der Waals surface area contributed by atoms with Crippen LogP contribution in [0.2, 0.25) is 0 Å². The van der Waals surface area contributed by atoms with Crippen molar-refractivity contribution in [3.8, 4) is 0 Å². The van der Waals surface area contributed by atoms with Crippen LogP contribution in [-0.4, -0.2) is 89.7 Å². The van der Waals surface area contributed by atoms with Crippen LogP contribution in [0.3, 0.4) is 0 Å². The van der Waals surface area contributed by atoms with Gasteiger partial charge < -0.3 is 41.3 Å². The zero-order valence-electron chi connectivity index (χ0n) is 27.9. The maximum Gasteiger partial charge on any atom is 0.350 e. The number of thioether (sulfide) groups is 1. The molecule has 2 aromatic heterocycles. The zero-order chi connectivity index (χ0) is 37.9. The number of nitrogens with two attached hydrogens (primary N) is 2. The maximum atomic E-state index is 13.5. The molecule has 0 spiro atoms. The molecule has 1 fully saturated rings. The highest BCUT2D eigenvalue weighted by molar-refractivity contribution is 8.00. The number of carboxylic acids is 2. The summed E-state index contributed by atoms with van der Waals surface area (Å²) in [6.45, 7) is 4.55. The first-order valence-corrected chi connectivity index (χ1v) is 17.6. The first-order valence-electron chi connectivity index (χ1n) is 15.6. The third-order valence-electron chi connectivity index (χ3n) is 8.53. The van der Waals surface area contributed by atoms with Crippen LogP contribution in [0.15, 0.2) is 58.3 Å². The smallest absolute Gasteiger partial charge is 0.350 e. The van der Waals surface area contributed by atoms with Gasteiger partial charge in [0.15, 0.2) is 35.2 Å². The van der Waals surface area contributed by atoms with Gasteiger partial charge in [0.2, 0.25) is 11.5 Å². The number of anilines is 2. The van der Waals surface area contributed by atoms with Gasteiger partial charge in [-0.25, -0.2) is 9.78 Å². The molecule has 1 amide bonds. The van der Waals surface area contributed by atoms with E-state index < -0.39 is 40.5 Å². The topological polar surface area (TPSA) is 275 Å². The average Bonchev–Trinajstić information content (AvgIpc) is 3.82. The van der Waals surface area contributed by atoms with Crippen molar-refractivity contribution in [3.63, 3.8) is 0 Å². The molecule has 18 nitrogen and oxygen atoms in total. The third kappa shape index (κ3) is 7.61. The normalized spacial score (nSPS) is 18.1. The monoisotopic (exact) mass is 753 g/mol. The highest BCUT2D eigenvalue weighted by Gasteiger charge is 2.53. The number of carbonyl (C=O) groups is 5. The second-order valence-corrected chi connectivity index (χ2v) is 14.3. The van der Waals surface area contributed by atoms with Gasteiger partial charge in [0, 0.05) is 41.8 Å². The SMILES string of the molecule is CC(C)(O/N=C(\C(=O)C[C@@H]1C(=O)N2C(C(=O)[O-])=C(C[n+]3ccc4n3CCN4Cc3ccc(C(=N)N)cc3)CS[C@H]12)c1csc(N)n1)C(=O)O.O=CO. The molecule has 3 aliphatic heterocycles. The fraction of sp³-hybridized carbons (Fsp3) is 0.344. The van der Waals surface area contributed by atoms with E-state index in [0.29, 0.717) is 30.0 Å². The number of ketones is 1. The molecule has 5 heterocycles. The first kappa shape index (κ1) is 37.5. The number of aliphatic carboxylic acids is 2. The molecule has 1 aromatic carbocycles. The lowest BCUT2D eigenvalue weighted by Gasteiger charge is -2.50. The van der Waals surface area contributed by atoms with Crippen molar-refractivity contribution in [3.05, 3.63) is 70.0 Å². The number of carbonyl (C=O) groups excluding carboxylic acids is 3. The van der Waals surface area contributed by atoms with Gasteiger partial charge in [0.25, 0.3) is 6.47 Å². The highest BCUT2D eigenvalue weighted by atomic mass is 32.2. The van der Waals surface area contributed by atoms with E-state index in [0.717, 1.165) is 29.3 Å². The molecular formula is C32H35N9O9S2. The average molecular weight is 754 g/mol. The van der Waals surface area contributed by atoms with E-state index in [1.165, 1.54) is 35.9 Å². The molecule has 20 heteroatoms. The summed E-state index contributed by atoms with van der Waals surface area (Å²) in [5, 5.41) is 41.1. The molecule has 1 saturated heterocycles. The number of nitrogens with zero attached hydrogens (tertiary/aromatic N) is 6. The molecule has 0 radical (unpaired) electrons. The van der Waals surface area contributed by atoms with Crippen molar-refractivity contribution >= 4 is 75.7 Å². The Labute approximate surface area is 304 Å². The summed E-state index contributed by atoms with van der Waals surface area (Å²) >= 11 is 2.40. The largest absolute Gasteiger partial charge is 0.543 e. The molecule has 0 saturated carbocycles. The lowest BCUT2D eigenvalue weighted by atomic mass is 9.89. The van der Waals surface area contributed by atoms with Crippen LogP contribution >= 0.6 is 23.1 Å². The van der Waals surface area contributed by atoms with Crippen molar-refractivity contribution in [2.45, 2.75) is 50.9 Å². The van der Waals surface area contributed by atoms with Crippen LogP contribution < -0.4 is 26.2 Å². The van der Waals surface area contributed by atoms with Gasteiger partial charge in [-0.05, 0) is 19.4 Å². The summed E-state index contributed by atoms with van der Waals surface area (Å²) in [5.41, 5.74) is 11.4. The molecule has 52 heavy (non-hydrogen) atoms. The van der Waals surface area contributed by atoms with E-state index in [4.69, 9.17) is 31.6 Å². The summed E-state index contributed by atoms with van der Waals surface area (Å²) in [7, 11) is 0. The summed E-state index contributed by atoms with van der Waals surface area (Å²) < 4.78 is 3.97. The summed E-state index contributed by atoms with van der Waals surface area (Å²) in [6.07, 6.45) is 1.54. The van der Waals surface area contributed by atoms with Crippen LogP contribution in [0.4, 0.5) is 10.9 Å². The number of oxime groups is 1. The number of amides is 1. The molecule has 6 rings (SSSR count). The molecule has 274 valence electrons. The Hall–Kier alpha value is -5.76. The number of amidine groups is 1. The Kier molecular flexibility index (Phi) is 11.0. The molecule has 3 aromatic rings. The molecule has 3 aliphatic rings. The number of rotatable bonds is 13. The van der Waals surface area contributed by atoms with Crippen LogP contribution in [-0.2, 0) is 48.4 Å². The molecule has 0 bridgehead atoms. The van der Waals surface area contributed by atoms with Gasteiger partial charge in [-0.1, -0.05) is 29.4 Å². The fourth-order valence-corrected chi connectivity index (χ4v) is 7.81. The second-order valence-electron chi connectivity index (χ2n) is 12.3. The Morgan fingerprint density at radius 1 is 1.23 bits per heavy atom. The predicted octanol–water partition coefficient (Wildman–Crippen LogP) is -0.402. The number of benzene rings is 1. The Balaban J connectivity index is 0.00000168. The molecule has 7 N–H and O–H groups in total. The van der Waals surface area contributed by atoms with Crippen LogP contribution in [0.1, 0.15) is 37.1 Å². The zero-order valence-corrected chi connectivity index (χ0v) is 29.6. The summed E-state index contributed by atoms with van der Waals surface area (Å²) in [4.78, 5) is 71.9. The Morgan fingerprint density at radius 3 is 2.52 bits per heavy atom. The van der Waals surface area contributed by atoms with Crippen molar-refractivity contribution in [2.24, 2.45) is 16.8 Å². The minimum Gasteiger partial charge on any atom is -0.543 e. The number of carboxylic acid groups (broad SMARTS) is 3. The first-order chi connectivity index (χ1) is 24.7. The van der Waals surface area contributed by atoms with Gasteiger partial charge in [0.1, 0.15) is 11.5 Å². The van der Waals surface area contributed by atoms with Crippen molar-refractivity contribution in [2.75, 3.05) is 22.9 Å². The molecular weight excluding hydrogens is 719 g/mol. The Morgan fingerprint density at radius 2 is 1.92 bits per heavy atom. The minimum absolute atomic E-state index is 0.00880.